The maximum Gasteiger partial charge on any atom is 0.153 e. The van der Waals surface area contributed by atoms with E-state index in [2.05, 4.69) is 87.9 Å². The molecule has 0 bridgehead atoms. The van der Waals surface area contributed by atoms with E-state index in [1.807, 2.05) is 0 Å². The van der Waals surface area contributed by atoms with Gasteiger partial charge >= 0.3 is 0 Å². The first-order valence-corrected chi connectivity index (χ1v) is 12.3. The second kappa shape index (κ2) is 10.3. The number of aromatic nitrogens is 6. The second-order valence-electron chi connectivity index (χ2n) is 9.31. The number of aromatic amines is 1. The van der Waals surface area contributed by atoms with Crippen LogP contribution in [0, 0.1) is 13.8 Å². The molecule has 0 radical (unpaired) electrons. The number of unbranched alkanes of at least 4 members (excludes halogenated alkanes) is 2. The van der Waals surface area contributed by atoms with Crippen molar-refractivity contribution in [1.82, 2.24) is 30.6 Å². The monoisotopic (exact) mass is 469 g/mol. The summed E-state index contributed by atoms with van der Waals surface area (Å²) >= 11 is 0. The number of fused-ring (bicyclic) bond motifs is 1. The molecule has 8 nitrogen and oxygen atoms in total. The van der Waals surface area contributed by atoms with Crippen LogP contribution < -0.4 is 4.90 Å². The van der Waals surface area contributed by atoms with E-state index in [0.717, 1.165) is 72.9 Å². The van der Waals surface area contributed by atoms with E-state index in [-0.39, 0.29) is 0 Å². The van der Waals surface area contributed by atoms with Gasteiger partial charge in [-0.1, -0.05) is 66.1 Å². The summed E-state index contributed by atoms with van der Waals surface area (Å²) in [4.78, 5) is 12.5. The molecule has 0 fully saturated rings. The predicted octanol–water partition coefficient (Wildman–Crippen LogP) is 4.60. The highest BCUT2D eigenvalue weighted by Crippen LogP contribution is 2.38. The van der Waals surface area contributed by atoms with Gasteiger partial charge in [0.2, 0.25) is 0 Å². The molecule has 2 N–H and O–H groups in total. The normalized spacial score (nSPS) is 15.3. The van der Waals surface area contributed by atoms with Crippen molar-refractivity contribution >= 4 is 5.82 Å². The van der Waals surface area contributed by atoms with E-state index in [9.17, 15) is 5.11 Å². The Morgan fingerprint density at radius 2 is 1.54 bits per heavy atom. The number of anilines is 1. The van der Waals surface area contributed by atoms with E-state index in [1.165, 1.54) is 11.1 Å². The maximum atomic E-state index is 10.9. The van der Waals surface area contributed by atoms with Crippen LogP contribution in [0.15, 0.2) is 48.5 Å². The first kappa shape index (κ1) is 23.1. The Labute approximate surface area is 205 Å². The molecule has 0 aliphatic carbocycles. The zero-order chi connectivity index (χ0) is 24.2. The number of aryl methyl sites for hydroxylation is 3. The van der Waals surface area contributed by atoms with Gasteiger partial charge in [0, 0.05) is 30.6 Å². The van der Waals surface area contributed by atoms with Crippen molar-refractivity contribution in [2.75, 3.05) is 18.0 Å². The van der Waals surface area contributed by atoms with Crippen LogP contribution in [-0.4, -0.2) is 48.8 Å². The Morgan fingerprint density at radius 3 is 2.17 bits per heavy atom. The fraction of sp³-hybridized carbons (Fsp3) is 0.370. The smallest absolute Gasteiger partial charge is 0.153 e. The van der Waals surface area contributed by atoms with Crippen molar-refractivity contribution in [2.24, 2.45) is 0 Å². The second-order valence-corrected chi connectivity index (χ2v) is 9.31. The van der Waals surface area contributed by atoms with Crippen LogP contribution in [0.25, 0.3) is 22.5 Å². The minimum absolute atomic E-state index is 0.607. The number of aliphatic hydroxyl groups is 1. The first-order chi connectivity index (χ1) is 17.1. The maximum absolute atomic E-state index is 10.9. The Bertz CT molecular complexity index is 1250. The topological polar surface area (TPSA) is 104 Å². The van der Waals surface area contributed by atoms with Crippen LogP contribution in [0.4, 0.5) is 5.82 Å². The highest BCUT2D eigenvalue weighted by atomic mass is 16.3. The molecular weight excluding hydrogens is 438 g/mol. The lowest BCUT2D eigenvalue weighted by Gasteiger charge is -2.33. The Hall–Kier alpha value is -3.65. The van der Waals surface area contributed by atoms with E-state index >= 15 is 0 Å². The molecule has 35 heavy (non-hydrogen) atoms. The van der Waals surface area contributed by atoms with Gasteiger partial charge < -0.3 is 10.0 Å². The molecule has 0 saturated heterocycles. The van der Waals surface area contributed by atoms with Crippen LogP contribution in [-0.2, 0) is 6.42 Å². The van der Waals surface area contributed by atoms with Gasteiger partial charge in [0.05, 0.1) is 11.4 Å². The molecule has 0 spiro atoms. The lowest BCUT2D eigenvalue weighted by atomic mass is 10.00. The van der Waals surface area contributed by atoms with Crippen molar-refractivity contribution in [3.8, 4) is 22.5 Å². The molecule has 1 unspecified atom stereocenters. The molecular formula is C27H31N7O. The summed E-state index contributed by atoms with van der Waals surface area (Å²) in [5.74, 6) is 1.63. The van der Waals surface area contributed by atoms with Gasteiger partial charge in [0.15, 0.2) is 5.82 Å². The van der Waals surface area contributed by atoms with Crippen LogP contribution in [0.1, 0.15) is 54.4 Å². The quantitative estimate of drug-likeness (QED) is 0.364. The molecule has 1 aliphatic heterocycles. The third kappa shape index (κ3) is 5.22. The van der Waals surface area contributed by atoms with Crippen molar-refractivity contribution in [3.05, 3.63) is 71.2 Å². The summed E-state index contributed by atoms with van der Waals surface area (Å²) in [6, 6.07) is 16.8. The third-order valence-corrected chi connectivity index (χ3v) is 6.57. The molecule has 3 heterocycles. The van der Waals surface area contributed by atoms with Gasteiger partial charge in [-0.05, 0) is 43.5 Å². The molecule has 1 aliphatic rings. The summed E-state index contributed by atoms with van der Waals surface area (Å²) in [7, 11) is 0. The van der Waals surface area contributed by atoms with Gasteiger partial charge in [-0.3, -0.25) is 0 Å². The van der Waals surface area contributed by atoms with E-state index in [1.54, 1.807) is 0 Å². The lowest BCUT2D eigenvalue weighted by molar-refractivity contribution is 0.158. The number of nitrogens with one attached hydrogen (secondary N) is 1. The molecule has 4 aromatic rings. The van der Waals surface area contributed by atoms with E-state index < -0.39 is 6.10 Å². The van der Waals surface area contributed by atoms with Crippen molar-refractivity contribution in [3.63, 3.8) is 0 Å². The van der Waals surface area contributed by atoms with Crippen LogP contribution in [0.3, 0.4) is 0 Å². The Balaban J connectivity index is 1.44. The Kier molecular flexibility index (Phi) is 6.81. The molecule has 0 saturated carbocycles. The number of nitrogens with zero attached hydrogens (tertiary/aromatic N) is 6. The largest absolute Gasteiger partial charge is 0.387 e. The first-order valence-electron chi connectivity index (χ1n) is 12.3. The highest BCUT2D eigenvalue weighted by molar-refractivity contribution is 5.80. The Morgan fingerprint density at radius 1 is 0.886 bits per heavy atom. The number of tetrazole rings is 1. The van der Waals surface area contributed by atoms with E-state index in [0.29, 0.717) is 12.1 Å². The van der Waals surface area contributed by atoms with Gasteiger partial charge in [-0.15, -0.1) is 5.10 Å². The number of aliphatic hydroxyl groups excluding tert-OH is 1. The fourth-order valence-electron chi connectivity index (χ4n) is 4.52. The van der Waals surface area contributed by atoms with Gasteiger partial charge in [0.25, 0.3) is 0 Å². The SMILES string of the molecule is Cc1ccc(-c2nc3c(nc2-c2ccc(C)cc2)N(CCCCCc2nnn[nH]2)CCC3O)cc1. The summed E-state index contributed by atoms with van der Waals surface area (Å²) < 4.78 is 0. The van der Waals surface area contributed by atoms with Crippen molar-refractivity contribution in [1.29, 1.82) is 0 Å². The van der Waals surface area contributed by atoms with Crippen LogP contribution in [0.5, 0.6) is 0 Å². The summed E-state index contributed by atoms with van der Waals surface area (Å²) in [5.41, 5.74) is 6.78. The minimum Gasteiger partial charge on any atom is -0.387 e. The predicted molar refractivity (Wildman–Crippen MR) is 136 cm³/mol. The molecule has 180 valence electrons. The number of hydrogen-bond acceptors (Lipinski definition) is 7. The molecule has 1 atom stereocenters. The summed E-state index contributed by atoms with van der Waals surface area (Å²) in [6.45, 7) is 5.81. The van der Waals surface area contributed by atoms with E-state index in [4.69, 9.17) is 9.97 Å². The van der Waals surface area contributed by atoms with Crippen molar-refractivity contribution in [2.45, 2.75) is 52.1 Å². The average Bonchev–Trinajstić information content (AvgIpc) is 3.39. The van der Waals surface area contributed by atoms with Gasteiger partial charge in [0.1, 0.15) is 17.6 Å². The zero-order valence-corrected chi connectivity index (χ0v) is 20.3. The third-order valence-electron chi connectivity index (χ3n) is 6.57. The zero-order valence-electron chi connectivity index (χ0n) is 20.3. The molecule has 2 aromatic heterocycles. The molecule has 5 rings (SSSR count). The van der Waals surface area contributed by atoms with Gasteiger partial charge in [-0.25, -0.2) is 15.1 Å². The number of H-pyrrole nitrogens is 1. The average molecular weight is 470 g/mol. The lowest BCUT2D eigenvalue weighted by Crippen LogP contribution is -2.34. The standard InChI is InChI=1S/C27H31N7O/c1-18-7-11-20(12-8-18)24-25(21-13-9-19(2)10-14-21)29-27-26(28-24)22(35)15-17-34(27)16-5-3-4-6-23-30-32-33-31-23/h7-14,22,35H,3-6,15-17H2,1-2H3,(H,30,31,32,33). The van der Waals surface area contributed by atoms with Crippen LogP contribution >= 0.6 is 0 Å². The summed E-state index contributed by atoms with van der Waals surface area (Å²) in [5, 5.41) is 24.9. The number of rotatable bonds is 8. The van der Waals surface area contributed by atoms with Crippen molar-refractivity contribution < 1.29 is 5.11 Å². The van der Waals surface area contributed by atoms with Crippen LogP contribution in [0.2, 0.25) is 0 Å². The fourth-order valence-corrected chi connectivity index (χ4v) is 4.52. The van der Waals surface area contributed by atoms with Gasteiger partial charge in [-0.2, -0.15) is 0 Å². The highest BCUT2D eigenvalue weighted by Gasteiger charge is 2.29. The molecule has 2 aromatic carbocycles. The molecule has 0 amide bonds. The summed E-state index contributed by atoms with van der Waals surface area (Å²) in [6.07, 6.45) is 4.01. The number of benzene rings is 2. The minimum atomic E-state index is -0.607. The number of hydrogen-bond donors (Lipinski definition) is 2. The molecule has 8 heteroatoms.